The van der Waals surface area contributed by atoms with Gasteiger partial charge in [-0.05, 0) is 17.5 Å². The molecule has 1 rings (SSSR count). The van der Waals surface area contributed by atoms with Gasteiger partial charge in [-0.2, -0.15) is 0 Å². The number of carboxylic acid groups (broad SMARTS) is 1. The maximum Gasteiger partial charge on any atom is 0.303 e. The van der Waals surface area contributed by atoms with Crippen molar-refractivity contribution in [1.82, 2.24) is 0 Å². The maximum atomic E-state index is 10.5. The molecule has 0 aliphatic carbocycles. The van der Waals surface area contributed by atoms with Crippen LogP contribution in [0.5, 0.6) is 0 Å². The molecule has 1 aromatic carbocycles. The summed E-state index contributed by atoms with van der Waals surface area (Å²) in [6.45, 7) is 0. The van der Waals surface area contributed by atoms with Crippen molar-refractivity contribution in [3.8, 4) is 0 Å². The zero-order valence-electron chi connectivity index (χ0n) is 9.21. The number of benzene rings is 1. The normalized spacial score (nSPS) is 14.3. The molecule has 0 radical (unpaired) electrons. The van der Waals surface area contributed by atoms with Crippen molar-refractivity contribution in [3.63, 3.8) is 0 Å². The largest absolute Gasteiger partial charge is 0.481 e. The molecule has 0 saturated heterocycles. The van der Waals surface area contributed by atoms with Crippen molar-refractivity contribution >= 4 is 21.9 Å². The third-order valence-electron chi connectivity index (χ3n) is 2.50. The molecule has 5 heteroatoms. The lowest BCUT2D eigenvalue weighted by molar-refractivity contribution is -0.136. The molecule has 4 nitrogen and oxygen atoms in total. The predicted molar refractivity (Wildman–Crippen MR) is 67.2 cm³/mol. The molecular formula is C12H15BrO4. The molecule has 17 heavy (non-hydrogen) atoms. The quantitative estimate of drug-likeness (QED) is 0.696. The summed E-state index contributed by atoms with van der Waals surface area (Å²) in [5, 5.41) is 28.4. The van der Waals surface area contributed by atoms with E-state index in [4.69, 9.17) is 5.11 Å². The van der Waals surface area contributed by atoms with Gasteiger partial charge >= 0.3 is 5.97 Å². The number of rotatable bonds is 6. The fourth-order valence-corrected chi connectivity index (χ4v) is 1.94. The highest BCUT2D eigenvalue weighted by Gasteiger charge is 2.19. The summed E-state index contributed by atoms with van der Waals surface area (Å²) in [5.74, 6) is -0.879. The van der Waals surface area contributed by atoms with Gasteiger partial charge in [-0.15, -0.1) is 0 Å². The average molecular weight is 303 g/mol. The summed E-state index contributed by atoms with van der Waals surface area (Å²) < 4.78 is 0. The standard InChI is InChI=1S/C12H15BrO4/c13-7-10(14)12(17)9-4-2-1-3-8(9)5-6-11(15)16/h1-4,10,12,14,17H,5-7H2,(H,15,16). The van der Waals surface area contributed by atoms with Crippen LogP contribution in [0.15, 0.2) is 24.3 Å². The highest BCUT2D eigenvalue weighted by atomic mass is 79.9. The molecule has 0 aliphatic heterocycles. The van der Waals surface area contributed by atoms with Crippen molar-refractivity contribution in [3.05, 3.63) is 35.4 Å². The summed E-state index contributed by atoms with van der Waals surface area (Å²) in [7, 11) is 0. The summed E-state index contributed by atoms with van der Waals surface area (Å²) >= 11 is 3.10. The Bertz CT molecular complexity index is 381. The number of hydrogen-bond donors (Lipinski definition) is 3. The Morgan fingerprint density at radius 3 is 2.53 bits per heavy atom. The molecule has 0 fully saturated rings. The van der Waals surface area contributed by atoms with Gasteiger partial charge in [0.15, 0.2) is 0 Å². The summed E-state index contributed by atoms with van der Waals surface area (Å²) in [5.41, 5.74) is 1.34. The van der Waals surface area contributed by atoms with Crippen molar-refractivity contribution in [2.45, 2.75) is 25.0 Å². The van der Waals surface area contributed by atoms with Crippen LogP contribution in [-0.4, -0.2) is 32.7 Å². The van der Waals surface area contributed by atoms with Gasteiger partial charge in [-0.3, -0.25) is 4.79 Å². The Hall–Kier alpha value is -0.910. The van der Waals surface area contributed by atoms with Crippen molar-refractivity contribution < 1.29 is 20.1 Å². The van der Waals surface area contributed by atoms with E-state index in [0.29, 0.717) is 12.0 Å². The summed E-state index contributed by atoms with van der Waals surface area (Å²) in [6, 6.07) is 7.01. The second kappa shape index (κ2) is 6.74. The molecule has 0 amide bonds. The molecule has 2 unspecified atom stereocenters. The van der Waals surface area contributed by atoms with Crippen LogP contribution in [0, 0.1) is 0 Å². The lowest BCUT2D eigenvalue weighted by Gasteiger charge is -2.19. The number of halogens is 1. The molecule has 94 valence electrons. The second-order valence-corrected chi connectivity index (χ2v) is 4.41. The number of carboxylic acids is 1. The van der Waals surface area contributed by atoms with Crippen LogP contribution in [0.2, 0.25) is 0 Å². The average Bonchev–Trinajstić information content (AvgIpc) is 2.34. The van der Waals surface area contributed by atoms with Crippen molar-refractivity contribution in [2.24, 2.45) is 0 Å². The fourth-order valence-electron chi connectivity index (χ4n) is 1.58. The Balaban J connectivity index is 2.87. The van der Waals surface area contributed by atoms with Gasteiger partial charge in [0.05, 0.1) is 6.10 Å². The molecule has 0 saturated carbocycles. The molecule has 3 N–H and O–H groups in total. The van der Waals surface area contributed by atoms with Gasteiger partial charge in [-0.1, -0.05) is 40.2 Å². The van der Waals surface area contributed by atoms with E-state index >= 15 is 0 Å². The SMILES string of the molecule is O=C(O)CCc1ccccc1C(O)C(O)CBr. The molecule has 0 spiro atoms. The predicted octanol–water partition coefficient (Wildman–Crippen LogP) is 1.49. The van der Waals surface area contributed by atoms with E-state index in [-0.39, 0.29) is 11.8 Å². The highest BCUT2D eigenvalue weighted by Crippen LogP contribution is 2.23. The van der Waals surface area contributed by atoms with E-state index in [0.717, 1.165) is 5.56 Å². The van der Waals surface area contributed by atoms with Crippen LogP contribution >= 0.6 is 15.9 Å². The number of aliphatic hydroxyl groups is 2. The smallest absolute Gasteiger partial charge is 0.303 e. The van der Waals surface area contributed by atoms with E-state index < -0.39 is 18.2 Å². The molecule has 0 aromatic heterocycles. The van der Waals surface area contributed by atoms with Gasteiger partial charge in [0.25, 0.3) is 0 Å². The zero-order valence-corrected chi connectivity index (χ0v) is 10.8. The fraction of sp³-hybridized carbons (Fsp3) is 0.417. The van der Waals surface area contributed by atoms with Crippen LogP contribution in [0.3, 0.4) is 0 Å². The van der Waals surface area contributed by atoms with E-state index in [2.05, 4.69) is 15.9 Å². The zero-order chi connectivity index (χ0) is 12.8. The number of carbonyl (C=O) groups is 1. The van der Waals surface area contributed by atoms with Crippen LogP contribution < -0.4 is 0 Å². The summed E-state index contributed by atoms with van der Waals surface area (Å²) in [6.07, 6.45) is -1.55. The minimum atomic E-state index is -1.00. The minimum Gasteiger partial charge on any atom is -0.481 e. The second-order valence-electron chi connectivity index (χ2n) is 3.76. The van der Waals surface area contributed by atoms with E-state index in [9.17, 15) is 15.0 Å². The molecule has 0 aliphatic rings. The van der Waals surface area contributed by atoms with Gasteiger partial charge in [0, 0.05) is 11.8 Å². The van der Waals surface area contributed by atoms with Crippen molar-refractivity contribution in [1.29, 1.82) is 0 Å². The molecule has 0 bridgehead atoms. The number of alkyl halides is 1. The topological polar surface area (TPSA) is 77.8 Å². The van der Waals surface area contributed by atoms with E-state index in [1.807, 2.05) is 0 Å². The Labute approximate surface area is 108 Å². The monoisotopic (exact) mass is 302 g/mol. The first-order valence-corrected chi connectivity index (χ1v) is 6.40. The van der Waals surface area contributed by atoms with Gasteiger partial charge < -0.3 is 15.3 Å². The Morgan fingerprint density at radius 2 is 1.94 bits per heavy atom. The molecule has 0 heterocycles. The molecule has 2 atom stereocenters. The first-order valence-electron chi connectivity index (χ1n) is 5.28. The number of aryl methyl sites for hydroxylation is 1. The van der Waals surface area contributed by atoms with E-state index in [1.165, 1.54) is 0 Å². The molecule has 1 aromatic rings. The number of hydrogen-bond acceptors (Lipinski definition) is 3. The first-order chi connectivity index (χ1) is 8.06. The minimum absolute atomic E-state index is 0.00808. The summed E-state index contributed by atoms with van der Waals surface area (Å²) in [4.78, 5) is 10.5. The highest BCUT2D eigenvalue weighted by molar-refractivity contribution is 9.09. The third-order valence-corrected chi connectivity index (χ3v) is 3.17. The third kappa shape index (κ3) is 4.11. The van der Waals surface area contributed by atoms with Gasteiger partial charge in [0.1, 0.15) is 6.10 Å². The van der Waals surface area contributed by atoms with E-state index in [1.54, 1.807) is 24.3 Å². The van der Waals surface area contributed by atoms with Gasteiger partial charge in [0.2, 0.25) is 0 Å². The van der Waals surface area contributed by atoms with Crippen LogP contribution in [-0.2, 0) is 11.2 Å². The van der Waals surface area contributed by atoms with Crippen molar-refractivity contribution in [2.75, 3.05) is 5.33 Å². The lowest BCUT2D eigenvalue weighted by Crippen LogP contribution is -2.20. The van der Waals surface area contributed by atoms with Gasteiger partial charge in [-0.25, -0.2) is 0 Å². The Kier molecular flexibility index (Phi) is 5.61. The first kappa shape index (κ1) is 14.2. The number of aliphatic carboxylic acids is 1. The maximum absolute atomic E-state index is 10.5. The van der Waals surface area contributed by atoms with Crippen LogP contribution in [0.25, 0.3) is 0 Å². The molecular weight excluding hydrogens is 288 g/mol. The van der Waals surface area contributed by atoms with Crippen LogP contribution in [0.1, 0.15) is 23.7 Å². The van der Waals surface area contributed by atoms with Crippen LogP contribution in [0.4, 0.5) is 0 Å². The lowest BCUT2D eigenvalue weighted by atomic mass is 9.96. The Morgan fingerprint density at radius 1 is 1.29 bits per heavy atom. The number of aliphatic hydroxyl groups excluding tert-OH is 2.